The van der Waals surface area contributed by atoms with E-state index in [1.54, 1.807) is 4.90 Å². The second-order valence-corrected chi connectivity index (χ2v) is 5.69. The van der Waals surface area contributed by atoms with Crippen molar-refractivity contribution in [2.75, 3.05) is 19.7 Å². The SMILES string of the molecule is NC(=O)[C@@H]1CN(C(=O)[C@H]2CCCc3ccccc32)CCO1. The van der Waals surface area contributed by atoms with Gasteiger partial charge in [-0.1, -0.05) is 24.3 Å². The molecule has 0 saturated carbocycles. The topological polar surface area (TPSA) is 72.6 Å². The van der Waals surface area contributed by atoms with Gasteiger partial charge in [-0.15, -0.1) is 0 Å². The smallest absolute Gasteiger partial charge is 0.248 e. The molecule has 2 amide bonds. The van der Waals surface area contributed by atoms with Crippen LogP contribution in [0, 0.1) is 0 Å². The van der Waals surface area contributed by atoms with Crippen LogP contribution in [0.25, 0.3) is 0 Å². The highest BCUT2D eigenvalue weighted by Crippen LogP contribution is 2.33. The van der Waals surface area contributed by atoms with Gasteiger partial charge in [0.25, 0.3) is 0 Å². The molecule has 1 aliphatic heterocycles. The maximum Gasteiger partial charge on any atom is 0.248 e. The Morgan fingerprint density at radius 1 is 1.29 bits per heavy atom. The van der Waals surface area contributed by atoms with Gasteiger partial charge in [0.15, 0.2) is 6.10 Å². The molecule has 2 atom stereocenters. The summed E-state index contributed by atoms with van der Waals surface area (Å²) in [7, 11) is 0. The lowest BCUT2D eigenvalue weighted by atomic mass is 9.82. The van der Waals surface area contributed by atoms with Crippen molar-refractivity contribution < 1.29 is 14.3 Å². The summed E-state index contributed by atoms with van der Waals surface area (Å²) in [5.74, 6) is -0.505. The first-order valence-corrected chi connectivity index (χ1v) is 7.44. The molecule has 1 aromatic carbocycles. The summed E-state index contributed by atoms with van der Waals surface area (Å²) in [4.78, 5) is 25.8. The highest BCUT2D eigenvalue weighted by atomic mass is 16.5. The molecule has 0 aromatic heterocycles. The van der Waals surface area contributed by atoms with Crippen molar-refractivity contribution in [2.45, 2.75) is 31.3 Å². The molecule has 0 radical (unpaired) electrons. The van der Waals surface area contributed by atoms with Crippen molar-refractivity contribution >= 4 is 11.8 Å². The van der Waals surface area contributed by atoms with Crippen molar-refractivity contribution in [1.82, 2.24) is 4.90 Å². The van der Waals surface area contributed by atoms with E-state index in [9.17, 15) is 9.59 Å². The van der Waals surface area contributed by atoms with Crippen LogP contribution in [0.4, 0.5) is 0 Å². The molecule has 3 rings (SSSR count). The molecule has 112 valence electrons. The van der Waals surface area contributed by atoms with Crippen LogP contribution in [0.1, 0.15) is 29.9 Å². The third-order valence-corrected chi connectivity index (χ3v) is 4.36. The van der Waals surface area contributed by atoms with Crippen LogP contribution in [0.15, 0.2) is 24.3 Å². The van der Waals surface area contributed by atoms with Gasteiger partial charge >= 0.3 is 0 Å². The highest BCUT2D eigenvalue weighted by Gasteiger charge is 2.34. The van der Waals surface area contributed by atoms with Gasteiger partial charge < -0.3 is 15.4 Å². The number of fused-ring (bicyclic) bond motifs is 1. The first-order valence-electron chi connectivity index (χ1n) is 7.44. The van der Waals surface area contributed by atoms with Gasteiger partial charge in [-0.05, 0) is 30.4 Å². The van der Waals surface area contributed by atoms with Crippen LogP contribution in [0.5, 0.6) is 0 Å². The predicted molar refractivity (Wildman–Crippen MR) is 77.6 cm³/mol. The summed E-state index contributed by atoms with van der Waals surface area (Å²) in [5, 5.41) is 0. The van der Waals surface area contributed by atoms with Crippen LogP contribution in [0.2, 0.25) is 0 Å². The van der Waals surface area contributed by atoms with Gasteiger partial charge in [-0.2, -0.15) is 0 Å². The monoisotopic (exact) mass is 288 g/mol. The maximum atomic E-state index is 12.8. The molecular formula is C16H20N2O3. The predicted octanol–water partition coefficient (Wildman–Crippen LogP) is 0.819. The molecule has 1 fully saturated rings. The number of ether oxygens (including phenoxy) is 1. The fourth-order valence-corrected chi connectivity index (χ4v) is 3.25. The fraction of sp³-hybridized carbons (Fsp3) is 0.500. The van der Waals surface area contributed by atoms with E-state index in [0.29, 0.717) is 13.2 Å². The number of benzene rings is 1. The zero-order chi connectivity index (χ0) is 14.8. The molecule has 1 saturated heterocycles. The molecule has 2 aliphatic rings. The van der Waals surface area contributed by atoms with Crippen molar-refractivity contribution in [3.63, 3.8) is 0 Å². The number of rotatable bonds is 2. The van der Waals surface area contributed by atoms with Crippen LogP contribution in [-0.4, -0.2) is 42.5 Å². The van der Waals surface area contributed by atoms with Gasteiger partial charge in [0, 0.05) is 6.54 Å². The van der Waals surface area contributed by atoms with Crippen molar-refractivity contribution in [3.8, 4) is 0 Å². The average Bonchev–Trinajstić information content (AvgIpc) is 2.53. The zero-order valence-electron chi connectivity index (χ0n) is 12.0. The maximum absolute atomic E-state index is 12.8. The lowest BCUT2D eigenvalue weighted by molar-refractivity contribution is -0.146. The van der Waals surface area contributed by atoms with Crippen LogP contribution in [-0.2, 0) is 20.7 Å². The van der Waals surface area contributed by atoms with E-state index in [0.717, 1.165) is 24.8 Å². The second-order valence-electron chi connectivity index (χ2n) is 5.69. The summed E-state index contributed by atoms with van der Waals surface area (Å²) in [6.07, 6.45) is 2.25. The van der Waals surface area contributed by atoms with Crippen molar-refractivity contribution in [1.29, 1.82) is 0 Å². The van der Waals surface area contributed by atoms with E-state index in [-0.39, 0.29) is 18.4 Å². The Hall–Kier alpha value is -1.88. The van der Waals surface area contributed by atoms with Gasteiger partial charge in [-0.25, -0.2) is 0 Å². The minimum atomic E-state index is -0.679. The lowest BCUT2D eigenvalue weighted by Gasteiger charge is -2.35. The number of morpholine rings is 1. The first kappa shape index (κ1) is 14.1. The summed E-state index contributed by atoms with van der Waals surface area (Å²) < 4.78 is 5.31. The summed E-state index contributed by atoms with van der Waals surface area (Å²) >= 11 is 0. The molecule has 2 N–H and O–H groups in total. The molecule has 0 unspecified atom stereocenters. The van der Waals surface area contributed by atoms with E-state index in [2.05, 4.69) is 6.07 Å². The number of nitrogens with two attached hydrogens (primary N) is 1. The van der Waals surface area contributed by atoms with Crippen LogP contribution >= 0.6 is 0 Å². The largest absolute Gasteiger partial charge is 0.367 e. The molecule has 0 spiro atoms. The Morgan fingerprint density at radius 2 is 2.10 bits per heavy atom. The third kappa shape index (κ3) is 2.78. The zero-order valence-corrected chi connectivity index (χ0v) is 12.0. The standard InChI is InChI=1S/C16H20N2O3/c17-15(19)14-10-18(8-9-21-14)16(20)13-7-3-5-11-4-1-2-6-12(11)13/h1-2,4,6,13-14H,3,5,7-10H2,(H2,17,19)/t13-,14-/m0/s1. The summed E-state index contributed by atoms with van der Waals surface area (Å²) in [6.45, 7) is 1.17. The molecule has 1 aliphatic carbocycles. The van der Waals surface area contributed by atoms with E-state index < -0.39 is 12.0 Å². The Bertz CT molecular complexity index is 558. The Labute approximate surface area is 124 Å². The fourth-order valence-electron chi connectivity index (χ4n) is 3.25. The molecule has 1 heterocycles. The second kappa shape index (κ2) is 5.85. The minimum absolute atomic E-state index is 0.0942. The quantitative estimate of drug-likeness (QED) is 0.875. The van der Waals surface area contributed by atoms with E-state index in [4.69, 9.17) is 10.5 Å². The highest BCUT2D eigenvalue weighted by molar-refractivity contribution is 5.86. The normalized spacial score (nSPS) is 25.2. The number of carbonyl (C=O) groups is 2. The van der Waals surface area contributed by atoms with Crippen molar-refractivity contribution in [3.05, 3.63) is 35.4 Å². The lowest BCUT2D eigenvalue weighted by Crippen LogP contribution is -2.51. The average molecular weight is 288 g/mol. The van der Waals surface area contributed by atoms with Crippen LogP contribution < -0.4 is 5.73 Å². The molecule has 5 heteroatoms. The number of amides is 2. The number of carbonyl (C=O) groups excluding carboxylic acids is 2. The molecule has 0 bridgehead atoms. The van der Waals surface area contributed by atoms with Crippen LogP contribution in [0.3, 0.4) is 0 Å². The van der Waals surface area contributed by atoms with E-state index in [1.165, 1.54) is 5.56 Å². The van der Waals surface area contributed by atoms with Gasteiger partial charge in [0.05, 0.1) is 19.1 Å². The van der Waals surface area contributed by atoms with Crippen molar-refractivity contribution in [2.24, 2.45) is 5.73 Å². The van der Waals surface area contributed by atoms with Gasteiger partial charge in [0.1, 0.15) is 0 Å². The number of nitrogens with zero attached hydrogens (tertiary/aromatic N) is 1. The number of hydrogen-bond donors (Lipinski definition) is 1. The summed E-state index contributed by atoms with van der Waals surface area (Å²) in [5.41, 5.74) is 7.68. The van der Waals surface area contributed by atoms with E-state index >= 15 is 0 Å². The molecule has 21 heavy (non-hydrogen) atoms. The van der Waals surface area contributed by atoms with Gasteiger partial charge in [-0.3, -0.25) is 9.59 Å². The number of hydrogen-bond acceptors (Lipinski definition) is 3. The minimum Gasteiger partial charge on any atom is -0.367 e. The Morgan fingerprint density at radius 3 is 2.90 bits per heavy atom. The Balaban J connectivity index is 1.78. The first-order chi connectivity index (χ1) is 10.2. The third-order valence-electron chi connectivity index (χ3n) is 4.36. The van der Waals surface area contributed by atoms with E-state index in [1.807, 2.05) is 18.2 Å². The molecule has 5 nitrogen and oxygen atoms in total. The summed E-state index contributed by atoms with van der Waals surface area (Å²) in [6, 6.07) is 8.14. The Kier molecular flexibility index (Phi) is 3.92. The molecular weight excluding hydrogens is 268 g/mol. The number of primary amides is 1. The number of aryl methyl sites for hydroxylation is 1. The van der Waals surface area contributed by atoms with Gasteiger partial charge in [0.2, 0.25) is 11.8 Å². The molecule has 1 aromatic rings.